The SMILES string of the molecule is COc1ccc(CN2C(=O)C=C(OCCC=O)C2=O)cc1. The fourth-order valence-corrected chi connectivity index (χ4v) is 1.87. The quantitative estimate of drug-likeness (QED) is 0.426. The maximum Gasteiger partial charge on any atom is 0.296 e. The van der Waals surface area contributed by atoms with Gasteiger partial charge >= 0.3 is 0 Å². The lowest BCUT2D eigenvalue weighted by molar-refractivity contribution is -0.139. The molecule has 6 heteroatoms. The molecule has 21 heavy (non-hydrogen) atoms. The number of carbonyl (C=O) groups is 3. The number of nitrogens with zero attached hydrogens (tertiary/aromatic N) is 1. The van der Waals surface area contributed by atoms with Crippen molar-refractivity contribution < 1.29 is 23.9 Å². The van der Waals surface area contributed by atoms with Gasteiger partial charge in [0.2, 0.25) is 0 Å². The summed E-state index contributed by atoms with van der Waals surface area (Å²) in [6.45, 7) is 0.253. The number of rotatable bonds is 7. The Kier molecular flexibility index (Phi) is 4.71. The van der Waals surface area contributed by atoms with Gasteiger partial charge in [0.15, 0.2) is 5.76 Å². The van der Waals surface area contributed by atoms with E-state index in [9.17, 15) is 14.4 Å². The van der Waals surface area contributed by atoms with E-state index >= 15 is 0 Å². The number of aldehydes is 1. The molecule has 1 aliphatic rings. The first kappa shape index (κ1) is 14.8. The monoisotopic (exact) mass is 289 g/mol. The van der Waals surface area contributed by atoms with Crippen molar-refractivity contribution in [3.63, 3.8) is 0 Å². The number of carbonyl (C=O) groups excluding carboxylic acids is 3. The molecule has 0 aromatic heterocycles. The largest absolute Gasteiger partial charge is 0.497 e. The molecule has 1 aromatic rings. The van der Waals surface area contributed by atoms with Crippen molar-refractivity contribution in [2.75, 3.05) is 13.7 Å². The molecule has 0 bridgehead atoms. The number of amides is 2. The van der Waals surface area contributed by atoms with Crippen LogP contribution in [0.25, 0.3) is 0 Å². The molecule has 0 fully saturated rings. The van der Waals surface area contributed by atoms with Crippen molar-refractivity contribution >= 4 is 18.1 Å². The summed E-state index contributed by atoms with van der Waals surface area (Å²) in [4.78, 5) is 35.2. The molecule has 1 aromatic carbocycles. The first-order chi connectivity index (χ1) is 10.2. The van der Waals surface area contributed by atoms with Gasteiger partial charge in [-0.3, -0.25) is 14.5 Å². The molecular formula is C15H15NO5. The van der Waals surface area contributed by atoms with Gasteiger partial charge in [-0.05, 0) is 17.7 Å². The summed E-state index contributed by atoms with van der Waals surface area (Å²) in [6.07, 6.45) is 2.02. The molecule has 1 aliphatic heterocycles. The van der Waals surface area contributed by atoms with Gasteiger partial charge in [-0.1, -0.05) is 12.1 Å². The average molecular weight is 289 g/mol. The Morgan fingerprint density at radius 2 is 1.90 bits per heavy atom. The highest BCUT2D eigenvalue weighted by Gasteiger charge is 2.32. The molecule has 0 unspecified atom stereocenters. The van der Waals surface area contributed by atoms with Gasteiger partial charge in [0, 0.05) is 6.42 Å². The second-order valence-electron chi connectivity index (χ2n) is 4.39. The predicted molar refractivity (Wildman–Crippen MR) is 73.3 cm³/mol. The number of imide groups is 1. The van der Waals surface area contributed by atoms with Crippen LogP contribution in [0.2, 0.25) is 0 Å². The first-order valence-corrected chi connectivity index (χ1v) is 6.42. The Morgan fingerprint density at radius 1 is 1.19 bits per heavy atom. The molecule has 0 radical (unpaired) electrons. The van der Waals surface area contributed by atoms with Crippen LogP contribution in [0.15, 0.2) is 36.1 Å². The highest BCUT2D eigenvalue weighted by molar-refractivity contribution is 6.15. The van der Waals surface area contributed by atoms with E-state index < -0.39 is 11.8 Å². The van der Waals surface area contributed by atoms with Gasteiger partial charge in [0.1, 0.15) is 12.0 Å². The van der Waals surface area contributed by atoms with Crippen LogP contribution >= 0.6 is 0 Å². The average Bonchev–Trinajstić information content (AvgIpc) is 2.76. The van der Waals surface area contributed by atoms with Crippen molar-refractivity contribution in [1.82, 2.24) is 4.90 Å². The zero-order valence-electron chi connectivity index (χ0n) is 11.6. The summed E-state index contributed by atoms with van der Waals surface area (Å²) in [5, 5.41) is 0. The lowest BCUT2D eigenvalue weighted by Gasteiger charge is -2.15. The van der Waals surface area contributed by atoms with Crippen LogP contribution in [-0.4, -0.2) is 36.7 Å². The van der Waals surface area contributed by atoms with Gasteiger partial charge in [-0.2, -0.15) is 0 Å². The zero-order valence-corrected chi connectivity index (χ0v) is 11.6. The van der Waals surface area contributed by atoms with E-state index in [0.717, 1.165) is 16.5 Å². The molecule has 0 saturated carbocycles. The number of ether oxygens (including phenoxy) is 2. The number of methoxy groups -OCH3 is 1. The molecule has 0 N–H and O–H groups in total. The Hall–Kier alpha value is -2.63. The number of benzene rings is 1. The van der Waals surface area contributed by atoms with Crippen molar-refractivity contribution in [3.8, 4) is 5.75 Å². The second-order valence-corrected chi connectivity index (χ2v) is 4.39. The summed E-state index contributed by atoms with van der Waals surface area (Å²) in [5.74, 6) is -0.220. The third kappa shape index (κ3) is 3.47. The minimum absolute atomic E-state index is 0.0182. The molecule has 2 rings (SSSR count). The Labute approximate surface area is 121 Å². The normalized spacial score (nSPS) is 14.1. The molecular weight excluding hydrogens is 274 g/mol. The Morgan fingerprint density at radius 3 is 2.52 bits per heavy atom. The molecule has 0 aliphatic carbocycles. The fraction of sp³-hybridized carbons (Fsp3) is 0.267. The minimum atomic E-state index is -0.485. The van der Waals surface area contributed by atoms with E-state index in [-0.39, 0.29) is 25.3 Å². The number of hydrogen-bond acceptors (Lipinski definition) is 5. The van der Waals surface area contributed by atoms with Gasteiger partial charge in [-0.25, -0.2) is 0 Å². The molecule has 0 atom stereocenters. The third-order valence-corrected chi connectivity index (χ3v) is 2.97. The van der Waals surface area contributed by atoms with Crippen LogP contribution in [0.5, 0.6) is 5.75 Å². The highest BCUT2D eigenvalue weighted by Crippen LogP contribution is 2.19. The van der Waals surface area contributed by atoms with Crippen molar-refractivity contribution in [3.05, 3.63) is 41.7 Å². The summed E-state index contributed by atoms with van der Waals surface area (Å²) >= 11 is 0. The van der Waals surface area contributed by atoms with Gasteiger partial charge < -0.3 is 14.3 Å². The maximum absolute atomic E-state index is 12.0. The van der Waals surface area contributed by atoms with Crippen LogP contribution in [-0.2, 0) is 25.7 Å². The van der Waals surface area contributed by atoms with Crippen LogP contribution in [0, 0.1) is 0 Å². The van der Waals surface area contributed by atoms with Crippen LogP contribution in [0.1, 0.15) is 12.0 Å². The molecule has 110 valence electrons. The molecule has 0 saturated heterocycles. The second kappa shape index (κ2) is 6.69. The first-order valence-electron chi connectivity index (χ1n) is 6.42. The summed E-state index contributed by atoms with van der Waals surface area (Å²) in [7, 11) is 1.56. The maximum atomic E-state index is 12.0. The van der Waals surface area contributed by atoms with E-state index in [0.29, 0.717) is 12.0 Å². The lowest BCUT2D eigenvalue weighted by atomic mass is 10.2. The number of hydrogen-bond donors (Lipinski definition) is 0. The van der Waals surface area contributed by atoms with Crippen molar-refractivity contribution in [1.29, 1.82) is 0 Å². The van der Waals surface area contributed by atoms with Gasteiger partial charge in [-0.15, -0.1) is 0 Å². The van der Waals surface area contributed by atoms with Gasteiger partial charge in [0.05, 0.1) is 26.3 Å². The molecule has 0 spiro atoms. The molecule has 2 amide bonds. The smallest absolute Gasteiger partial charge is 0.296 e. The predicted octanol–water partition coefficient (Wildman–Crippen LogP) is 1.05. The van der Waals surface area contributed by atoms with Crippen LogP contribution < -0.4 is 4.74 Å². The molecule has 6 nitrogen and oxygen atoms in total. The van der Waals surface area contributed by atoms with Crippen LogP contribution in [0.3, 0.4) is 0 Å². The lowest BCUT2D eigenvalue weighted by Crippen LogP contribution is -2.30. The van der Waals surface area contributed by atoms with E-state index in [2.05, 4.69) is 0 Å². The highest BCUT2D eigenvalue weighted by atomic mass is 16.5. The van der Waals surface area contributed by atoms with E-state index in [1.807, 2.05) is 0 Å². The minimum Gasteiger partial charge on any atom is -0.497 e. The standard InChI is InChI=1S/C15H15NO5/c1-20-12-5-3-11(4-6-12)10-16-14(18)9-13(15(16)19)21-8-2-7-17/h3-7,9H,2,8,10H2,1H3. The van der Waals surface area contributed by atoms with Gasteiger partial charge in [0.25, 0.3) is 11.8 Å². The summed E-state index contributed by atoms with van der Waals surface area (Å²) < 4.78 is 10.2. The fourth-order valence-electron chi connectivity index (χ4n) is 1.87. The van der Waals surface area contributed by atoms with E-state index in [4.69, 9.17) is 9.47 Å². The zero-order chi connectivity index (χ0) is 15.2. The topological polar surface area (TPSA) is 72.9 Å². The Bertz CT molecular complexity index is 576. The Balaban J connectivity index is 1.99. The van der Waals surface area contributed by atoms with Crippen LogP contribution in [0.4, 0.5) is 0 Å². The summed E-state index contributed by atoms with van der Waals surface area (Å²) in [5.41, 5.74) is 0.806. The van der Waals surface area contributed by atoms with E-state index in [1.54, 1.807) is 31.4 Å². The van der Waals surface area contributed by atoms with Crippen molar-refractivity contribution in [2.24, 2.45) is 0 Å². The van der Waals surface area contributed by atoms with E-state index in [1.165, 1.54) is 0 Å². The van der Waals surface area contributed by atoms with Crippen molar-refractivity contribution in [2.45, 2.75) is 13.0 Å². The molecule has 1 heterocycles. The third-order valence-electron chi connectivity index (χ3n) is 2.97. The summed E-state index contributed by atoms with van der Waals surface area (Å²) in [6, 6.07) is 7.08.